The van der Waals surface area contributed by atoms with Crippen LogP contribution in [0.5, 0.6) is 0 Å². The first-order valence-electron chi connectivity index (χ1n) is 4.29. The van der Waals surface area contributed by atoms with Gasteiger partial charge in [0.15, 0.2) is 18.2 Å². The molecule has 14 heavy (non-hydrogen) atoms. The number of carbonyl (C=O) groups excluding carboxylic acids is 2. The monoisotopic (exact) mass is 193 g/mol. The van der Waals surface area contributed by atoms with Crippen LogP contribution in [-0.2, 0) is 11.3 Å². The Bertz CT molecular complexity index is 386. The average Bonchev–Trinajstić information content (AvgIpc) is 2.01. The molecule has 0 saturated heterocycles. The number of hydrogen-bond acceptors (Lipinski definition) is 2. The van der Waals surface area contributed by atoms with Gasteiger partial charge in [-0.25, -0.2) is 0 Å². The number of rotatable bonds is 3. The van der Waals surface area contributed by atoms with Crippen molar-refractivity contribution >= 4 is 11.7 Å². The number of nitrogens with two attached hydrogens (primary N) is 1. The largest absolute Gasteiger partial charge is 0.365 e. The third kappa shape index (κ3) is 2.65. The summed E-state index contributed by atoms with van der Waals surface area (Å²) in [6, 6.07) is 1.69. The van der Waals surface area contributed by atoms with E-state index in [-0.39, 0.29) is 12.3 Å². The summed E-state index contributed by atoms with van der Waals surface area (Å²) in [6.07, 6.45) is 3.38. The predicted molar refractivity (Wildman–Crippen MR) is 50.6 cm³/mol. The Labute approximate surface area is 82.3 Å². The first kappa shape index (κ1) is 10.4. The molecule has 0 aliphatic heterocycles. The van der Waals surface area contributed by atoms with Gasteiger partial charge >= 0.3 is 0 Å². The highest BCUT2D eigenvalue weighted by molar-refractivity contribution is 5.92. The Balaban J connectivity index is 3.07. The number of ketones is 1. The van der Waals surface area contributed by atoms with Crippen LogP contribution in [0.15, 0.2) is 18.5 Å². The maximum Gasteiger partial charge on any atom is 0.254 e. The smallest absolute Gasteiger partial charge is 0.254 e. The highest BCUT2D eigenvalue weighted by Gasteiger charge is 2.10. The van der Waals surface area contributed by atoms with E-state index in [2.05, 4.69) is 0 Å². The van der Waals surface area contributed by atoms with Crippen LogP contribution < -0.4 is 10.3 Å². The molecule has 1 aromatic heterocycles. The van der Waals surface area contributed by atoms with E-state index in [0.717, 1.165) is 5.56 Å². The van der Waals surface area contributed by atoms with Crippen LogP contribution in [0.25, 0.3) is 0 Å². The molecule has 0 bridgehead atoms. The van der Waals surface area contributed by atoms with Gasteiger partial charge in [0.2, 0.25) is 6.54 Å². The van der Waals surface area contributed by atoms with Crippen LogP contribution in [-0.4, -0.2) is 11.7 Å². The average molecular weight is 193 g/mol. The Morgan fingerprint density at radius 3 is 2.57 bits per heavy atom. The molecule has 4 heteroatoms. The highest BCUT2D eigenvalue weighted by atomic mass is 16.1. The molecule has 1 aromatic rings. The first-order valence-corrected chi connectivity index (χ1v) is 4.29. The van der Waals surface area contributed by atoms with Gasteiger partial charge in [-0.05, 0) is 13.0 Å². The van der Waals surface area contributed by atoms with Gasteiger partial charge < -0.3 is 5.73 Å². The summed E-state index contributed by atoms with van der Waals surface area (Å²) in [5.74, 6) is -0.443. The second-order valence-electron chi connectivity index (χ2n) is 3.34. The zero-order valence-corrected chi connectivity index (χ0v) is 8.28. The lowest BCUT2D eigenvalue weighted by atomic mass is 10.2. The quantitative estimate of drug-likeness (QED) is 0.685. The van der Waals surface area contributed by atoms with Gasteiger partial charge in [0.1, 0.15) is 5.56 Å². The fraction of sp³-hybridized carbons (Fsp3) is 0.300. The normalized spacial score (nSPS) is 9.86. The van der Waals surface area contributed by atoms with Gasteiger partial charge in [0.05, 0.1) is 0 Å². The molecule has 0 radical (unpaired) electrons. The van der Waals surface area contributed by atoms with Crippen LogP contribution in [0.1, 0.15) is 22.8 Å². The van der Waals surface area contributed by atoms with Crippen molar-refractivity contribution in [2.75, 3.05) is 0 Å². The summed E-state index contributed by atoms with van der Waals surface area (Å²) < 4.78 is 1.66. The van der Waals surface area contributed by atoms with Gasteiger partial charge in [0, 0.05) is 12.5 Å². The van der Waals surface area contributed by atoms with E-state index in [1.54, 1.807) is 23.0 Å². The third-order valence-electron chi connectivity index (χ3n) is 1.75. The lowest BCUT2D eigenvalue weighted by molar-refractivity contribution is -0.684. The Morgan fingerprint density at radius 1 is 1.43 bits per heavy atom. The molecule has 0 saturated carbocycles. The maximum atomic E-state index is 10.9. The van der Waals surface area contributed by atoms with Crippen molar-refractivity contribution in [2.24, 2.45) is 5.73 Å². The SMILES string of the molecule is CC(=O)C[n+]1cc(C)cc(C(N)=O)c1. The van der Waals surface area contributed by atoms with Crippen LogP contribution in [0.4, 0.5) is 0 Å². The highest BCUT2D eigenvalue weighted by Crippen LogP contribution is 1.98. The van der Waals surface area contributed by atoms with Crippen molar-refractivity contribution in [1.29, 1.82) is 0 Å². The zero-order valence-electron chi connectivity index (χ0n) is 8.28. The number of Topliss-reactive ketones (excluding diaryl/α,β-unsaturated/α-hetero) is 1. The third-order valence-corrected chi connectivity index (χ3v) is 1.75. The molecule has 4 nitrogen and oxygen atoms in total. The molecule has 74 valence electrons. The van der Waals surface area contributed by atoms with Gasteiger partial charge in [-0.2, -0.15) is 4.57 Å². The van der Waals surface area contributed by atoms with Crippen LogP contribution in [0.3, 0.4) is 0 Å². The fourth-order valence-electron chi connectivity index (χ4n) is 1.28. The molecule has 0 aromatic carbocycles. The second kappa shape index (κ2) is 4.00. The van der Waals surface area contributed by atoms with Gasteiger partial charge in [-0.3, -0.25) is 9.59 Å². The molecular formula is C10H13N2O2+. The van der Waals surface area contributed by atoms with E-state index in [4.69, 9.17) is 5.73 Å². The molecule has 1 heterocycles. The number of primary amides is 1. The minimum Gasteiger partial charge on any atom is -0.365 e. The summed E-state index contributed by atoms with van der Waals surface area (Å²) >= 11 is 0. The van der Waals surface area contributed by atoms with Crippen molar-refractivity contribution in [3.8, 4) is 0 Å². The number of amides is 1. The Morgan fingerprint density at radius 2 is 2.07 bits per heavy atom. The van der Waals surface area contributed by atoms with Crippen molar-refractivity contribution < 1.29 is 14.2 Å². The lowest BCUT2D eigenvalue weighted by Gasteiger charge is -1.98. The lowest BCUT2D eigenvalue weighted by Crippen LogP contribution is -2.38. The van der Waals surface area contributed by atoms with Gasteiger partial charge in [-0.1, -0.05) is 0 Å². The molecule has 1 rings (SSSR count). The van der Waals surface area contributed by atoms with Crippen molar-refractivity contribution in [1.82, 2.24) is 0 Å². The summed E-state index contributed by atoms with van der Waals surface area (Å²) in [4.78, 5) is 21.8. The van der Waals surface area contributed by atoms with Crippen molar-refractivity contribution in [3.05, 3.63) is 29.6 Å². The van der Waals surface area contributed by atoms with Gasteiger partial charge in [-0.15, -0.1) is 0 Å². The molecular weight excluding hydrogens is 180 g/mol. The number of aromatic nitrogens is 1. The van der Waals surface area contributed by atoms with E-state index < -0.39 is 5.91 Å². The minimum atomic E-state index is -0.481. The number of hydrogen-bond donors (Lipinski definition) is 1. The van der Waals surface area contributed by atoms with E-state index >= 15 is 0 Å². The number of nitrogens with zero attached hydrogens (tertiary/aromatic N) is 1. The molecule has 0 aliphatic rings. The Hall–Kier alpha value is -1.71. The molecule has 2 N–H and O–H groups in total. The van der Waals surface area contributed by atoms with Crippen LogP contribution >= 0.6 is 0 Å². The van der Waals surface area contributed by atoms with Crippen LogP contribution in [0, 0.1) is 6.92 Å². The zero-order chi connectivity index (χ0) is 10.7. The molecule has 1 amide bonds. The molecule has 0 aliphatic carbocycles. The van der Waals surface area contributed by atoms with Crippen molar-refractivity contribution in [2.45, 2.75) is 20.4 Å². The molecule has 0 atom stereocenters. The number of aryl methyl sites for hydroxylation is 1. The molecule has 0 unspecified atom stereocenters. The number of pyridine rings is 1. The minimum absolute atomic E-state index is 0.0380. The summed E-state index contributed by atoms with van der Waals surface area (Å²) in [7, 11) is 0. The second-order valence-corrected chi connectivity index (χ2v) is 3.34. The van der Waals surface area contributed by atoms with E-state index in [0.29, 0.717) is 5.56 Å². The van der Waals surface area contributed by atoms with Crippen molar-refractivity contribution in [3.63, 3.8) is 0 Å². The first-order chi connectivity index (χ1) is 6.49. The predicted octanol–water partition coefficient (Wildman–Crippen LogP) is -0.0296. The summed E-state index contributed by atoms with van der Waals surface area (Å²) in [5.41, 5.74) is 6.47. The summed E-state index contributed by atoms with van der Waals surface area (Å²) in [6.45, 7) is 3.62. The fourth-order valence-corrected chi connectivity index (χ4v) is 1.28. The topological polar surface area (TPSA) is 64.0 Å². The standard InChI is InChI=1S/C10H12N2O2/c1-7-3-9(10(11)14)6-12(4-7)5-8(2)13/h3-4,6H,5H2,1-2H3,(H-,11,14)/p+1. The molecule has 0 spiro atoms. The van der Waals surface area contributed by atoms with E-state index in [9.17, 15) is 9.59 Å². The van der Waals surface area contributed by atoms with E-state index in [1.807, 2.05) is 6.92 Å². The summed E-state index contributed by atoms with van der Waals surface area (Å²) in [5, 5.41) is 0. The van der Waals surface area contributed by atoms with Gasteiger partial charge in [0.25, 0.3) is 5.91 Å². The Kier molecular flexibility index (Phi) is 2.96. The molecule has 0 fully saturated rings. The maximum absolute atomic E-state index is 10.9. The number of carbonyl (C=O) groups is 2. The van der Waals surface area contributed by atoms with Crippen LogP contribution in [0.2, 0.25) is 0 Å². The van der Waals surface area contributed by atoms with E-state index in [1.165, 1.54) is 6.92 Å².